The van der Waals surface area contributed by atoms with Crippen molar-refractivity contribution in [3.8, 4) is 0 Å². The number of esters is 1. The van der Waals surface area contributed by atoms with Crippen LogP contribution in [0.2, 0.25) is 0 Å². The molecule has 148 valence electrons. The summed E-state index contributed by atoms with van der Waals surface area (Å²) < 4.78 is 9.82. The molecular weight excluding hydrogens is 354 g/mol. The molecule has 0 aliphatic carbocycles. The Morgan fingerprint density at radius 3 is 2.67 bits per heavy atom. The van der Waals surface area contributed by atoms with Gasteiger partial charge in [-0.15, -0.1) is 0 Å². The van der Waals surface area contributed by atoms with E-state index in [1.807, 2.05) is 4.90 Å². The number of nitrogens with zero attached hydrogens (tertiary/aromatic N) is 2. The van der Waals surface area contributed by atoms with E-state index in [-0.39, 0.29) is 11.3 Å². The Kier molecular flexibility index (Phi) is 8.00. The molecule has 0 aromatic heterocycles. The second-order valence-corrected chi connectivity index (χ2v) is 6.28. The number of carbonyl (C=O) groups is 2. The summed E-state index contributed by atoms with van der Waals surface area (Å²) in [5.74, 6) is -1.20. The molecule has 1 aromatic rings. The summed E-state index contributed by atoms with van der Waals surface area (Å²) in [6.45, 7) is 2.02. The second-order valence-electron chi connectivity index (χ2n) is 6.28. The maximum Gasteiger partial charge on any atom is 0.338 e. The molecular formula is C18H25N3O6. The zero-order valence-corrected chi connectivity index (χ0v) is 15.4. The molecule has 1 aliphatic heterocycles. The highest BCUT2D eigenvalue weighted by molar-refractivity contribution is 5.93. The van der Waals surface area contributed by atoms with E-state index in [0.717, 1.165) is 32.4 Å². The van der Waals surface area contributed by atoms with Crippen LogP contribution in [0.1, 0.15) is 36.0 Å². The largest absolute Gasteiger partial charge is 0.452 e. The van der Waals surface area contributed by atoms with Gasteiger partial charge in [0, 0.05) is 39.4 Å². The number of nitro benzene ring substituents is 1. The van der Waals surface area contributed by atoms with Crippen LogP contribution in [-0.4, -0.2) is 56.8 Å². The van der Waals surface area contributed by atoms with Crippen LogP contribution in [0.4, 0.5) is 11.4 Å². The number of methoxy groups -OCH3 is 1. The first-order valence-corrected chi connectivity index (χ1v) is 8.99. The van der Waals surface area contributed by atoms with Gasteiger partial charge < -0.3 is 19.7 Å². The molecule has 1 N–H and O–H groups in total. The monoisotopic (exact) mass is 379 g/mol. The molecule has 1 saturated heterocycles. The average Bonchev–Trinajstić information content (AvgIpc) is 2.69. The van der Waals surface area contributed by atoms with Gasteiger partial charge in [0.1, 0.15) is 5.69 Å². The van der Waals surface area contributed by atoms with E-state index in [1.54, 1.807) is 13.2 Å². The Labute approximate surface area is 157 Å². The Bertz CT molecular complexity index is 673. The van der Waals surface area contributed by atoms with Crippen molar-refractivity contribution in [1.29, 1.82) is 0 Å². The van der Waals surface area contributed by atoms with Crippen molar-refractivity contribution in [1.82, 2.24) is 5.32 Å². The first-order valence-electron chi connectivity index (χ1n) is 8.99. The van der Waals surface area contributed by atoms with Crippen molar-refractivity contribution >= 4 is 23.3 Å². The molecule has 1 aromatic carbocycles. The number of benzene rings is 1. The first kappa shape index (κ1) is 20.6. The number of piperidine rings is 1. The molecule has 0 saturated carbocycles. The van der Waals surface area contributed by atoms with Gasteiger partial charge in [-0.05, 0) is 37.8 Å². The van der Waals surface area contributed by atoms with Crippen LogP contribution >= 0.6 is 0 Å². The van der Waals surface area contributed by atoms with Crippen molar-refractivity contribution < 1.29 is 24.0 Å². The van der Waals surface area contributed by atoms with Crippen molar-refractivity contribution in [2.45, 2.75) is 25.7 Å². The first-order chi connectivity index (χ1) is 13.0. The molecule has 0 bridgehead atoms. The van der Waals surface area contributed by atoms with Gasteiger partial charge in [-0.2, -0.15) is 0 Å². The van der Waals surface area contributed by atoms with Crippen LogP contribution in [0.25, 0.3) is 0 Å². The van der Waals surface area contributed by atoms with Crippen molar-refractivity contribution in [3.05, 3.63) is 33.9 Å². The predicted octanol–water partition coefficient (Wildman–Crippen LogP) is 1.89. The molecule has 0 unspecified atom stereocenters. The van der Waals surface area contributed by atoms with E-state index in [9.17, 15) is 19.7 Å². The molecule has 0 spiro atoms. The highest BCUT2D eigenvalue weighted by Gasteiger charge is 2.23. The lowest BCUT2D eigenvalue weighted by Gasteiger charge is -2.28. The molecule has 1 amide bonds. The third kappa shape index (κ3) is 6.21. The van der Waals surface area contributed by atoms with E-state index in [4.69, 9.17) is 9.47 Å². The van der Waals surface area contributed by atoms with Crippen LogP contribution in [0.3, 0.4) is 0 Å². The molecule has 9 heteroatoms. The van der Waals surface area contributed by atoms with Crippen LogP contribution in [0.15, 0.2) is 18.2 Å². The van der Waals surface area contributed by atoms with Crippen LogP contribution in [0.5, 0.6) is 0 Å². The molecule has 1 heterocycles. The van der Waals surface area contributed by atoms with E-state index in [0.29, 0.717) is 25.3 Å². The fourth-order valence-electron chi connectivity index (χ4n) is 2.91. The number of anilines is 1. The minimum atomic E-state index is -0.768. The van der Waals surface area contributed by atoms with Gasteiger partial charge in [0.05, 0.1) is 10.5 Å². The van der Waals surface area contributed by atoms with Gasteiger partial charge in [0.25, 0.3) is 11.6 Å². The van der Waals surface area contributed by atoms with E-state index in [2.05, 4.69) is 5.32 Å². The van der Waals surface area contributed by atoms with E-state index in [1.165, 1.54) is 12.1 Å². The van der Waals surface area contributed by atoms with Crippen molar-refractivity contribution in [2.24, 2.45) is 0 Å². The lowest BCUT2D eigenvalue weighted by Crippen LogP contribution is -2.30. The zero-order valence-electron chi connectivity index (χ0n) is 15.4. The zero-order chi connectivity index (χ0) is 19.6. The van der Waals surface area contributed by atoms with Gasteiger partial charge >= 0.3 is 5.97 Å². The number of nitro groups is 1. The van der Waals surface area contributed by atoms with E-state index < -0.39 is 23.4 Å². The Hall–Kier alpha value is -2.68. The number of hydrogen-bond acceptors (Lipinski definition) is 7. The van der Waals surface area contributed by atoms with Crippen LogP contribution < -0.4 is 10.2 Å². The summed E-state index contributed by atoms with van der Waals surface area (Å²) in [5, 5.41) is 14.0. The minimum Gasteiger partial charge on any atom is -0.452 e. The fraction of sp³-hybridized carbons (Fsp3) is 0.556. The maximum atomic E-state index is 12.1. The molecule has 2 rings (SSSR count). The lowest BCUT2D eigenvalue weighted by molar-refractivity contribution is -0.384. The summed E-state index contributed by atoms with van der Waals surface area (Å²) in [6.07, 6.45) is 3.74. The fourth-order valence-corrected chi connectivity index (χ4v) is 2.91. The molecule has 27 heavy (non-hydrogen) atoms. The number of amides is 1. The summed E-state index contributed by atoms with van der Waals surface area (Å²) in [7, 11) is 1.57. The van der Waals surface area contributed by atoms with Crippen molar-refractivity contribution in [2.75, 3.05) is 44.9 Å². The number of rotatable bonds is 9. The molecule has 0 atom stereocenters. The Morgan fingerprint density at radius 1 is 1.26 bits per heavy atom. The van der Waals surface area contributed by atoms with Crippen LogP contribution in [0, 0.1) is 10.1 Å². The highest BCUT2D eigenvalue weighted by Crippen LogP contribution is 2.31. The van der Waals surface area contributed by atoms with Gasteiger partial charge in [-0.1, -0.05) is 0 Å². The lowest BCUT2D eigenvalue weighted by atomic mass is 10.1. The average molecular weight is 379 g/mol. The summed E-state index contributed by atoms with van der Waals surface area (Å²) in [4.78, 5) is 36.7. The highest BCUT2D eigenvalue weighted by atomic mass is 16.6. The Balaban J connectivity index is 1.96. The van der Waals surface area contributed by atoms with Gasteiger partial charge in [0.15, 0.2) is 6.61 Å². The number of ether oxygens (including phenoxy) is 2. The molecule has 1 fully saturated rings. The third-order valence-corrected chi connectivity index (χ3v) is 4.29. The summed E-state index contributed by atoms with van der Waals surface area (Å²) in [6, 6.07) is 4.28. The van der Waals surface area contributed by atoms with Crippen LogP contribution in [-0.2, 0) is 14.3 Å². The van der Waals surface area contributed by atoms with E-state index >= 15 is 0 Å². The maximum absolute atomic E-state index is 12.1. The smallest absolute Gasteiger partial charge is 0.338 e. The van der Waals surface area contributed by atoms with Gasteiger partial charge in [-0.25, -0.2) is 4.79 Å². The second kappa shape index (κ2) is 10.5. The third-order valence-electron chi connectivity index (χ3n) is 4.29. The van der Waals surface area contributed by atoms with Gasteiger partial charge in [0.2, 0.25) is 0 Å². The number of hydrogen-bond donors (Lipinski definition) is 1. The quantitative estimate of drug-likeness (QED) is 0.302. The molecule has 1 aliphatic rings. The normalized spacial score (nSPS) is 13.9. The SMILES string of the molecule is COCCCNC(=O)COC(=O)c1ccc(N2CCCCC2)c([N+](=O)[O-])c1. The number of nitrogens with one attached hydrogen (secondary N) is 1. The molecule has 9 nitrogen and oxygen atoms in total. The predicted molar refractivity (Wildman–Crippen MR) is 98.9 cm³/mol. The van der Waals surface area contributed by atoms with Crippen molar-refractivity contribution in [3.63, 3.8) is 0 Å². The topological polar surface area (TPSA) is 111 Å². The standard InChI is InChI=1S/C18H25N3O6/c1-26-11-5-8-19-17(22)13-27-18(23)14-6-7-15(16(12-14)21(24)25)20-9-3-2-4-10-20/h6-7,12H,2-5,8-11,13H2,1H3,(H,19,22). The van der Waals surface area contributed by atoms with Gasteiger partial charge in [-0.3, -0.25) is 14.9 Å². The summed E-state index contributed by atoms with van der Waals surface area (Å²) in [5.41, 5.74) is 0.428. The number of carbonyl (C=O) groups excluding carboxylic acids is 2. The Morgan fingerprint density at radius 2 is 2.00 bits per heavy atom. The molecule has 0 radical (unpaired) electrons. The summed E-state index contributed by atoms with van der Waals surface area (Å²) >= 11 is 0. The minimum absolute atomic E-state index is 0.0506.